The standard InChI is InChI=1S/C9H10N2O3.C9H12N2O.C6H4FNO2/c12-9-5-10(6-9)7-2-1-3-8(4-7)11(13)14;10-7-2-1-3-8(4-7)11-5-9(12)6-11;7-5-2-1-3-6(4-5)8(9)10/h1-4,9,12H,5-6H2;1-4,9,12H,5-6,10H2;1-4H. The van der Waals surface area contributed by atoms with Gasteiger partial charge in [0, 0.05) is 61.4 Å². The van der Waals surface area contributed by atoms with E-state index < -0.39 is 15.7 Å². The molecule has 0 saturated carbocycles. The van der Waals surface area contributed by atoms with Gasteiger partial charge in [0.2, 0.25) is 0 Å². The third kappa shape index (κ3) is 7.35. The highest BCUT2D eigenvalue weighted by atomic mass is 19.1. The molecule has 0 spiro atoms. The van der Waals surface area contributed by atoms with E-state index in [0.29, 0.717) is 13.1 Å². The smallest absolute Gasteiger partial charge is 0.272 e. The zero-order valence-electron chi connectivity index (χ0n) is 19.2. The van der Waals surface area contributed by atoms with E-state index in [-0.39, 0.29) is 23.6 Å². The number of non-ortho nitro benzene ring substituents is 2. The van der Waals surface area contributed by atoms with Gasteiger partial charge in [0.25, 0.3) is 11.4 Å². The molecule has 0 unspecified atom stereocenters. The minimum Gasteiger partial charge on any atom is -0.399 e. The first-order valence-corrected chi connectivity index (χ1v) is 11.0. The van der Waals surface area contributed by atoms with E-state index in [0.717, 1.165) is 42.3 Å². The van der Waals surface area contributed by atoms with Crippen molar-refractivity contribution in [3.63, 3.8) is 0 Å². The normalized spacial score (nSPS) is 14.9. The Morgan fingerprint density at radius 2 is 1.19 bits per heavy atom. The lowest BCUT2D eigenvalue weighted by molar-refractivity contribution is -0.385. The van der Waals surface area contributed by atoms with Crippen molar-refractivity contribution in [2.75, 3.05) is 41.7 Å². The Bertz CT molecular complexity index is 1200. The Morgan fingerprint density at radius 3 is 1.61 bits per heavy atom. The van der Waals surface area contributed by atoms with Gasteiger partial charge in [0.1, 0.15) is 5.82 Å². The summed E-state index contributed by atoms with van der Waals surface area (Å²) in [5.41, 5.74) is 8.15. The molecule has 0 radical (unpaired) electrons. The SMILES string of the molecule is Nc1cccc(N2CC(O)C2)c1.O=[N+]([O-])c1cccc(F)c1.O=[N+]([O-])c1cccc(N2CC(O)C2)c1. The summed E-state index contributed by atoms with van der Waals surface area (Å²) in [6.07, 6.45) is -0.458. The van der Waals surface area contributed by atoms with Gasteiger partial charge in [-0.3, -0.25) is 20.2 Å². The number of aliphatic hydroxyl groups is 2. The molecule has 5 rings (SSSR count). The van der Waals surface area contributed by atoms with Crippen LogP contribution in [0, 0.1) is 26.0 Å². The zero-order valence-corrected chi connectivity index (χ0v) is 19.2. The molecule has 4 N–H and O–H groups in total. The van der Waals surface area contributed by atoms with E-state index in [4.69, 9.17) is 15.9 Å². The molecule has 2 heterocycles. The maximum absolute atomic E-state index is 12.2. The Kier molecular flexibility index (Phi) is 8.71. The second-order valence-electron chi connectivity index (χ2n) is 8.23. The van der Waals surface area contributed by atoms with Crippen molar-refractivity contribution >= 4 is 28.4 Å². The van der Waals surface area contributed by atoms with Gasteiger partial charge >= 0.3 is 0 Å². The number of nitrogens with two attached hydrogens (primary N) is 1. The molecule has 3 aromatic carbocycles. The molecular weight excluding hydrogens is 473 g/mol. The highest BCUT2D eigenvalue weighted by Gasteiger charge is 2.25. The third-order valence-corrected chi connectivity index (χ3v) is 5.38. The molecule has 0 amide bonds. The lowest BCUT2D eigenvalue weighted by atomic mass is 10.1. The maximum atomic E-state index is 12.2. The molecule has 36 heavy (non-hydrogen) atoms. The number of anilines is 3. The number of rotatable bonds is 4. The van der Waals surface area contributed by atoms with Crippen LogP contribution in [0.2, 0.25) is 0 Å². The van der Waals surface area contributed by atoms with Gasteiger partial charge in [-0.2, -0.15) is 0 Å². The van der Waals surface area contributed by atoms with Gasteiger partial charge in [0.15, 0.2) is 0 Å². The van der Waals surface area contributed by atoms with E-state index in [1.54, 1.807) is 12.1 Å². The lowest BCUT2D eigenvalue weighted by Crippen LogP contribution is -2.50. The summed E-state index contributed by atoms with van der Waals surface area (Å²) in [7, 11) is 0. The zero-order chi connectivity index (χ0) is 26.2. The van der Waals surface area contributed by atoms with Crippen LogP contribution in [0.15, 0.2) is 72.8 Å². The number of nitrogen functional groups attached to an aromatic ring is 1. The number of benzene rings is 3. The van der Waals surface area contributed by atoms with Crippen LogP contribution in [0.5, 0.6) is 0 Å². The Hall–Kier alpha value is -4.29. The average Bonchev–Trinajstić information content (AvgIpc) is 2.81. The van der Waals surface area contributed by atoms with Gasteiger partial charge in [-0.1, -0.05) is 18.2 Å². The molecular formula is C24H26FN5O6. The summed E-state index contributed by atoms with van der Waals surface area (Å²) in [6, 6.07) is 18.7. The summed E-state index contributed by atoms with van der Waals surface area (Å²) in [4.78, 5) is 23.4. The molecule has 12 heteroatoms. The second-order valence-corrected chi connectivity index (χ2v) is 8.23. The first-order chi connectivity index (χ1) is 17.1. The topological polar surface area (TPSA) is 159 Å². The summed E-state index contributed by atoms with van der Waals surface area (Å²) < 4.78 is 12.2. The van der Waals surface area contributed by atoms with Gasteiger partial charge in [-0.25, -0.2) is 4.39 Å². The summed E-state index contributed by atoms with van der Waals surface area (Å²) >= 11 is 0. The molecule has 3 aromatic rings. The van der Waals surface area contributed by atoms with Crippen molar-refractivity contribution in [3.05, 3.63) is 98.8 Å². The Balaban J connectivity index is 0.000000153. The van der Waals surface area contributed by atoms with E-state index in [1.165, 1.54) is 24.3 Å². The number of nitro benzene ring substituents is 2. The molecule has 2 aliphatic heterocycles. The van der Waals surface area contributed by atoms with Crippen LogP contribution in [-0.2, 0) is 0 Å². The quantitative estimate of drug-likeness (QED) is 0.279. The number of hydrogen-bond acceptors (Lipinski definition) is 9. The number of β-amino-alcohol motifs (C(OH)–C–C–N with tert-alkyl or cyclic N) is 2. The van der Waals surface area contributed by atoms with Crippen LogP contribution in [0.3, 0.4) is 0 Å². The molecule has 2 saturated heterocycles. The third-order valence-electron chi connectivity index (χ3n) is 5.38. The van der Waals surface area contributed by atoms with Crippen molar-refractivity contribution < 1.29 is 24.5 Å². The molecule has 0 atom stereocenters. The summed E-state index contributed by atoms with van der Waals surface area (Å²) in [6.45, 7) is 2.56. The second kappa shape index (κ2) is 11.9. The van der Waals surface area contributed by atoms with Crippen LogP contribution in [-0.4, -0.2) is 58.4 Å². The minimum atomic E-state index is -0.636. The van der Waals surface area contributed by atoms with Crippen LogP contribution >= 0.6 is 0 Å². The fourth-order valence-electron chi connectivity index (χ4n) is 3.45. The molecule has 2 aliphatic rings. The predicted molar refractivity (Wildman–Crippen MR) is 133 cm³/mol. The predicted octanol–water partition coefficient (Wildman–Crippen LogP) is 2.96. The summed E-state index contributed by atoms with van der Waals surface area (Å²) in [5.74, 6) is -0.589. The summed E-state index contributed by atoms with van der Waals surface area (Å²) in [5, 5.41) is 38.6. The Labute approximate surface area is 206 Å². The van der Waals surface area contributed by atoms with Crippen molar-refractivity contribution in [1.29, 1.82) is 0 Å². The molecule has 11 nitrogen and oxygen atoms in total. The largest absolute Gasteiger partial charge is 0.399 e. The van der Waals surface area contributed by atoms with E-state index >= 15 is 0 Å². The van der Waals surface area contributed by atoms with Gasteiger partial charge in [-0.05, 0) is 30.3 Å². The molecule has 2 fully saturated rings. The number of nitro groups is 2. The minimum absolute atomic E-state index is 0.0869. The van der Waals surface area contributed by atoms with E-state index in [1.807, 2.05) is 29.2 Å². The lowest BCUT2D eigenvalue weighted by Gasteiger charge is -2.37. The van der Waals surface area contributed by atoms with Gasteiger partial charge in [0.05, 0.1) is 28.1 Å². The van der Waals surface area contributed by atoms with E-state index in [2.05, 4.69) is 4.90 Å². The first-order valence-electron chi connectivity index (χ1n) is 11.0. The monoisotopic (exact) mass is 499 g/mol. The van der Waals surface area contributed by atoms with Crippen molar-refractivity contribution in [2.45, 2.75) is 12.2 Å². The van der Waals surface area contributed by atoms with Gasteiger partial charge in [-0.15, -0.1) is 0 Å². The average molecular weight is 499 g/mol. The van der Waals surface area contributed by atoms with Crippen molar-refractivity contribution in [1.82, 2.24) is 0 Å². The highest BCUT2D eigenvalue weighted by Crippen LogP contribution is 2.25. The molecule has 190 valence electrons. The van der Waals surface area contributed by atoms with Crippen molar-refractivity contribution in [3.8, 4) is 0 Å². The number of hydrogen-bond donors (Lipinski definition) is 3. The number of nitrogens with zero attached hydrogens (tertiary/aromatic N) is 4. The van der Waals surface area contributed by atoms with Crippen molar-refractivity contribution in [2.24, 2.45) is 0 Å². The number of aliphatic hydroxyl groups excluding tert-OH is 2. The fraction of sp³-hybridized carbons (Fsp3) is 0.250. The fourth-order valence-corrected chi connectivity index (χ4v) is 3.45. The van der Waals surface area contributed by atoms with Gasteiger partial charge < -0.3 is 25.7 Å². The highest BCUT2D eigenvalue weighted by molar-refractivity contribution is 5.57. The number of halogens is 1. The molecule has 0 aromatic heterocycles. The molecule has 0 bridgehead atoms. The van der Waals surface area contributed by atoms with Crippen LogP contribution < -0.4 is 15.5 Å². The Morgan fingerprint density at radius 1 is 0.750 bits per heavy atom. The van der Waals surface area contributed by atoms with Crippen LogP contribution in [0.1, 0.15) is 0 Å². The molecule has 0 aliphatic carbocycles. The first kappa shape index (κ1) is 26.3. The van der Waals surface area contributed by atoms with E-state index in [9.17, 15) is 24.6 Å². The van der Waals surface area contributed by atoms with Crippen LogP contribution in [0.4, 0.5) is 32.8 Å². The maximum Gasteiger partial charge on any atom is 0.272 e. The van der Waals surface area contributed by atoms with Crippen LogP contribution in [0.25, 0.3) is 0 Å².